The molecule has 9 nitrogen and oxygen atoms in total. The monoisotopic (exact) mass is 493 g/mol. The molecule has 1 saturated heterocycles. The Morgan fingerprint density at radius 1 is 1.03 bits per heavy atom. The normalized spacial score (nSPS) is 17.6. The summed E-state index contributed by atoms with van der Waals surface area (Å²) in [6, 6.07) is 8.33. The van der Waals surface area contributed by atoms with Gasteiger partial charge in [-0.25, -0.2) is 0 Å². The van der Waals surface area contributed by atoms with Crippen LogP contribution < -0.4 is 9.47 Å². The summed E-state index contributed by atoms with van der Waals surface area (Å²) in [7, 11) is 1.62. The molecule has 9 heteroatoms. The van der Waals surface area contributed by atoms with Crippen LogP contribution in [-0.4, -0.2) is 88.5 Å². The third-order valence-electron chi connectivity index (χ3n) is 6.90. The highest BCUT2D eigenvalue weighted by atomic mass is 16.5. The summed E-state index contributed by atoms with van der Waals surface area (Å²) in [5.41, 5.74) is 1.89. The number of hydrogen-bond donors (Lipinski definition) is 3. The second kappa shape index (κ2) is 10.2. The minimum atomic E-state index is -0.424. The Morgan fingerprint density at radius 3 is 2.50 bits per heavy atom. The maximum absolute atomic E-state index is 12.9. The minimum absolute atomic E-state index is 0.0551. The number of aromatic hydroxyl groups is 2. The predicted molar refractivity (Wildman–Crippen MR) is 136 cm³/mol. The predicted octanol–water partition coefficient (Wildman–Crippen LogP) is 2.68. The number of rotatable bonds is 8. The molecule has 36 heavy (non-hydrogen) atoms. The number of nitrogens with zero attached hydrogens (tertiary/aromatic N) is 3. The lowest BCUT2D eigenvalue weighted by atomic mass is 10.1. The largest absolute Gasteiger partial charge is 0.508 e. The van der Waals surface area contributed by atoms with Crippen molar-refractivity contribution in [1.82, 2.24) is 14.4 Å². The lowest BCUT2D eigenvalue weighted by Crippen LogP contribution is -2.47. The summed E-state index contributed by atoms with van der Waals surface area (Å²) in [5, 5.41) is 29.9. The van der Waals surface area contributed by atoms with Crippen molar-refractivity contribution in [2.45, 2.75) is 13.0 Å². The van der Waals surface area contributed by atoms with Crippen LogP contribution in [0.25, 0.3) is 17.0 Å². The number of allylic oxidation sites excluding steroid dienone is 1. The van der Waals surface area contributed by atoms with Crippen LogP contribution in [0, 0.1) is 0 Å². The smallest absolute Gasteiger partial charge is 0.235 e. The van der Waals surface area contributed by atoms with E-state index < -0.39 is 5.78 Å². The van der Waals surface area contributed by atoms with Crippen molar-refractivity contribution in [2.75, 3.05) is 53.0 Å². The highest BCUT2D eigenvalue weighted by Gasteiger charge is 2.31. The summed E-state index contributed by atoms with van der Waals surface area (Å²) < 4.78 is 13.3. The quantitative estimate of drug-likeness (QED) is 0.411. The number of hydrogen-bond acceptors (Lipinski definition) is 8. The Kier molecular flexibility index (Phi) is 6.86. The second-order valence-corrected chi connectivity index (χ2v) is 9.20. The Bertz CT molecular complexity index is 1310. The van der Waals surface area contributed by atoms with E-state index in [9.17, 15) is 15.0 Å². The SMILES string of the molecule is COc1ccc2c(c1)c(/C=C1\Oc3cc(O)cc(O)c3C1=O)cn2CCCN1CCN(CCO)CC1. The van der Waals surface area contributed by atoms with Crippen LogP contribution in [0.2, 0.25) is 0 Å². The first-order chi connectivity index (χ1) is 17.5. The Hall–Kier alpha value is -3.53. The van der Waals surface area contributed by atoms with Crippen molar-refractivity contribution in [2.24, 2.45) is 0 Å². The van der Waals surface area contributed by atoms with E-state index in [0.29, 0.717) is 5.75 Å². The molecule has 2 aliphatic rings. The molecule has 3 aromatic rings. The summed E-state index contributed by atoms with van der Waals surface area (Å²) in [4.78, 5) is 17.7. The Labute approximate surface area is 209 Å². The van der Waals surface area contributed by atoms with E-state index in [1.165, 1.54) is 6.07 Å². The summed E-state index contributed by atoms with van der Waals surface area (Å²) >= 11 is 0. The van der Waals surface area contributed by atoms with Crippen LogP contribution in [0.5, 0.6) is 23.0 Å². The number of aliphatic hydroxyl groups is 1. The van der Waals surface area contributed by atoms with Crippen molar-refractivity contribution in [3.63, 3.8) is 0 Å². The lowest BCUT2D eigenvalue weighted by molar-refractivity contribution is 0.101. The zero-order valence-corrected chi connectivity index (χ0v) is 20.3. The van der Waals surface area contributed by atoms with Gasteiger partial charge in [0.05, 0.1) is 13.7 Å². The highest BCUT2D eigenvalue weighted by Crippen LogP contribution is 2.41. The van der Waals surface area contributed by atoms with Crippen LogP contribution in [0.4, 0.5) is 0 Å². The average molecular weight is 494 g/mol. The van der Waals surface area contributed by atoms with E-state index in [-0.39, 0.29) is 35.2 Å². The molecule has 2 aromatic carbocycles. The van der Waals surface area contributed by atoms with Crippen molar-refractivity contribution in [3.8, 4) is 23.0 Å². The molecule has 190 valence electrons. The molecule has 0 bridgehead atoms. The molecule has 0 atom stereocenters. The lowest BCUT2D eigenvalue weighted by Gasteiger charge is -2.34. The van der Waals surface area contributed by atoms with E-state index in [1.54, 1.807) is 13.2 Å². The number of aryl methyl sites for hydroxylation is 1. The number of β-amino-alcohol motifs (C(OH)–C–C–N with tert-alkyl or cyclic N) is 1. The number of carbonyl (C=O) groups excluding carboxylic acids is 1. The minimum Gasteiger partial charge on any atom is -0.508 e. The first-order valence-corrected chi connectivity index (χ1v) is 12.2. The molecule has 0 saturated carbocycles. The zero-order chi connectivity index (χ0) is 25.2. The van der Waals surface area contributed by atoms with Gasteiger partial charge in [0.25, 0.3) is 0 Å². The maximum atomic E-state index is 12.9. The van der Waals surface area contributed by atoms with Crippen molar-refractivity contribution in [3.05, 3.63) is 53.4 Å². The molecule has 0 amide bonds. The number of Topliss-reactive ketones (excluding diaryl/α,β-unsaturated/α-hetero) is 1. The third-order valence-corrected chi connectivity index (χ3v) is 6.90. The number of carbonyl (C=O) groups is 1. The maximum Gasteiger partial charge on any atom is 0.235 e. The molecular formula is C27H31N3O6. The van der Waals surface area contributed by atoms with Crippen molar-refractivity contribution < 1.29 is 29.6 Å². The van der Waals surface area contributed by atoms with E-state index in [2.05, 4.69) is 14.4 Å². The fourth-order valence-electron chi connectivity index (χ4n) is 4.99. The van der Waals surface area contributed by atoms with Gasteiger partial charge >= 0.3 is 0 Å². The van der Waals surface area contributed by atoms with Gasteiger partial charge in [0.2, 0.25) is 5.78 Å². The number of fused-ring (bicyclic) bond motifs is 2. The van der Waals surface area contributed by atoms with Gasteiger partial charge in [0.1, 0.15) is 28.6 Å². The average Bonchev–Trinajstić information content (AvgIpc) is 3.37. The van der Waals surface area contributed by atoms with Gasteiger partial charge in [-0.2, -0.15) is 0 Å². The van der Waals surface area contributed by atoms with Crippen LogP contribution in [0.1, 0.15) is 22.3 Å². The molecular weight excluding hydrogens is 462 g/mol. The van der Waals surface area contributed by atoms with Crippen LogP contribution in [0.3, 0.4) is 0 Å². The molecule has 3 heterocycles. The number of aliphatic hydroxyl groups excluding tert-OH is 1. The van der Waals surface area contributed by atoms with E-state index in [4.69, 9.17) is 14.6 Å². The first-order valence-electron chi connectivity index (χ1n) is 12.2. The number of phenols is 2. The van der Waals surface area contributed by atoms with Gasteiger partial charge < -0.3 is 34.3 Å². The van der Waals surface area contributed by atoms with Crippen LogP contribution in [-0.2, 0) is 6.54 Å². The number of ketones is 1. The number of piperazine rings is 1. The van der Waals surface area contributed by atoms with E-state index in [0.717, 1.165) is 74.8 Å². The van der Waals surface area contributed by atoms with Gasteiger partial charge in [-0.1, -0.05) is 0 Å². The van der Waals surface area contributed by atoms with Gasteiger partial charge in [0, 0.05) is 74.1 Å². The molecule has 1 aromatic heterocycles. The van der Waals surface area contributed by atoms with Gasteiger partial charge in [-0.15, -0.1) is 0 Å². The van der Waals surface area contributed by atoms with Crippen LogP contribution in [0.15, 0.2) is 42.3 Å². The van der Waals surface area contributed by atoms with Gasteiger partial charge in [-0.05, 0) is 37.2 Å². The highest BCUT2D eigenvalue weighted by molar-refractivity contribution is 6.16. The zero-order valence-electron chi connectivity index (χ0n) is 20.3. The summed E-state index contributed by atoms with van der Waals surface area (Å²) in [5.74, 6) is 0.0469. The summed E-state index contributed by atoms with van der Waals surface area (Å²) in [6.07, 6.45) is 4.66. The van der Waals surface area contributed by atoms with E-state index in [1.807, 2.05) is 24.4 Å². The fraction of sp³-hybridized carbons (Fsp3) is 0.370. The van der Waals surface area contributed by atoms with E-state index >= 15 is 0 Å². The molecule has 0 aliphatic carbocycles. The third kappa shape index (κ3) is 4.77. The number of aromatic nitrogens is 1. The molecule has 3 N–H and O–H groups in total. The van der Waals surface area contributed by atoms with Gasteiger partial charge in [0.15, 0.2) is 5.76 Å². The molecule has 5 rings (SSSR count). The number of methoxy groups -OCH3 is 1. The van der Waals surface area contributed by atoms with Crippen molar-refractivity contribution in [1.29, 1.82) is 0 Å². The van der Waals surface area contributed by atoms with Crippen molar-refractivity contribution >= 4 is 22.8 Å². The fourth-order valence-corrected chi connectivity index (χ4v) is 4.99. The summed E-state index contributed by atoms with van der Waals surface area (Å²) in [6.45, 7) is 6.71. The molecule has 0 spiro atoms. The Morgan fingerprint density at radius 2 is 1.78 bits per heavy atom. The number of benzene rings is 2. The first kappa shape index (κ1) is 24.2. The van der Waals surface area contributed by atoms with Gasteiger partial charge in [-0.3, -0.25) is 9.69 Å². The molecule has 0 radical (unpaired) electrons. The molecule has 1 fully saturated rings. The topological polar surface area (TPSA) is 108 Å². The molecule has 0 unspecified atom stereocenters. The Balaban J connectivity index is 1.36. The molecule has 2 aliphatic heterocycles. The standard InChI is InChI=1S/C27H31N3O6/c1-35-20-3-4-22-21(16-20)18(13-25-27(34)26-23(33)14-19(32)15-24(26)36-25)17-30(22)6-2-5-28-7-9-29(10-8-28)11-12-31/h3-4,13-17,31-33H,2,5-12H2,1H3/b25-13-. The van der Waals surface area contributed by atoms with Crippen LogP contribution >= 0.6 is 0 Å². The number of ether oxygens (including phenoxy) is 2. The number of phenolic OH excluding ortho intramolecular Hbond substituents is 2. The second-order valence-electron chi connectivity index (χ2n) is 9.20.